The van der Waals surface area contributed by atoms with Gasteiger partial charge in [0.1, 0.15) is 0 Å². The summed E-state index contributed by atoms with van der Waals surface area (Å²) in [5, 5.41) is 13.2. The van der Waals surface area contributed by atoms with Gasteiger partial charge in [-0.3, -0.25) is 9.58 Å². The molecular formula is C12H12N4. The highest BCUT2D eigenvalue weighted by Crippen LogP contribution is 2.15. The number of nitriles is 1. The third kappa shape index (κ3) is 2.20. The van der Waals surface area contributed by atoms with E-state index in [9.17, 15) is 0 Å². The summed E-state index contributed by atoms with van der Waals surface area (Å²) >= 11 is 0. The molecule has 1 heterocycles. The fourth-order valence-corrected chi connectivity index (χ4v) is 1.53. The van der Waals surface area contributed by atoms with Crippen molar-refractivity contribution in [1.82, 2.24) is 9.78 Å². The molecule has 0 spiro atoms. The second-order valence-electron chi connectivity index (χ2n) is 3.54. The summed E-state index contributed by atoms with van der Waals surface area (Å²) < 4.78 is 1.73. The van der Waals surface area contributed by atoms with Gasteiger partial charge in [-0.2, -0.15) is 10.4 Å². The minimum atomic E-state index is 0.550. The zero-order chi connectivity index (χ0) is 11.4. The van der Waals surface area contributed by atoms with Crippen LogP contribution in [0.3, 0.4) is 0 Å². The lowest BCUT2D eigenvalue weighted by atomic mass is 10.2. The number of hydrogen-bond acceptors (Lipinski definition) is 3. The van der Waals surface area contributed by atoms with Gasteiger partial charge < -0.3 is 0 Å². The maximum atomic E-state index is 9.10. The molecule has 0 bridgehead atoms. The van der Waals surface area contributed by atoms with E-state index in [1.54, 1.807) is 15.8 Å². The smallest absolute Gasteiger partial charge is 0.184 e. The van der Waals surface area contributed by atoms with Crippen LogP contribution >= 0.6 is 0 Å². The first-order valence-electron chi connectivity index (χ1n) is 4.99. The first-order valence-corrected chi connectivity index (χ1v) is 4.99. The number of rotatable bonds is 3. The second-order valence-corrected chi connectivity index (χ2v) is 3.54. The van der Waals surface area contributed by atoms with E-state index in [1.807, 2.05) is 43.6 Å². The molecule has 0 atom stereocenters. The minimum Gasteiger partial charge on any atom is -0.275 e. The quantitative estimate of drug-likeness (QED) is 0.576. The predicted molar refractivity (Wildman–Crippen MR) is 61.4 cm³/mol. The Balaban J connectivity index is 2.16. The average molecular weight is 212 g/mol. The van der Waals surface area contributed by atoms with Crippen LogP contribution in [-0.2, 0) is 13.6 Å². The molecule has 4 nitrogen and oxygen atoms in total. The third-order valence-corrected chi connectivity index (χ3v) is 2.29. The van der Waals surface area contributed by atoms with E-state index in [-0.39, 0.29) is 0 Å². The van der Waals surface area contributed by atoms with Gasteiger partial charge in [0.15, 0.2) is 6.19 Å². The van der Waals surface area contributed by atoms with E-state index in [4.69, 9.17) is 5.26 Å². The maximum Gasteiger partial charge on any atom is 0.184 e. The molecule has 0 fully saturated rings. The number of nitrogens with zero attached hydrogens (tertiary/aromatic N) is 4. The molecule has 0 saturated heterocycles. The number of benzene rings is 1. The Morgan fingerprint density at radius 3 is 2.69 bits per heavy atom. The molecule has 1 aromatic heterocycles. The fraction of sp³-hybridized carbons (Fsp3) is 0.167. The van der Waals surface area contributed by atoms with Crippen LogP contribution in [-0.4, -0.2) is 9.78 Å². The topological polar surface area (TPSA) is 44.9 Å². The number of hydrogen-bond donors (Lipinski definition) is 0. The Kier molecular flexibility index (Phi) is 2.88. The molecule has 0 aliphatic rings. The summed E-state index contributed by atoms with van der Waals surface area (Å²) in [4.78, 5) is 1.64. The van der Waals surface area contributed by atoms with Gasteiger partial charge in [0.2, 0.25) is 0 Å². The van der Waals surface area contributed by atoms with Crippen molar-refractivity contribution in [2.75, 3.05) is 4.90 Å². The van der Waals surface area contributed by atoms with Gasteiger partial charge >= 0.3 is 0 Å². The predicted octanol–water partition coefficient (Wildman–Crippen LogP) is 1.91. The Labute approximate surface area is 94.3 Å². The monoisotopic (exact) mass is 212 g/mol. The van der Waals surface area contributed by atoms with Gasteiger partial charge in [0.25, 0.3) is 0 Å². The van der Waals surface area contributed by atoms with E-state index >= 15 is 0 Å². The van der Waals surface area contributed by atoms with E-state index in [0.29, 0.717) is 6.54 Å². The fourth-order valence-electron chi connectivity index (χ4n) is 1.53. The van der Waals surface area contributed by atoms with Crippen molar-refractivity contribution in [3.8, 4) is 6.19 Å². The SMILES string of the molecule is Cn1cc(CN(C#N)c2ccccc2)cn1. The van der Waals surface area contributed by atoms with Crippen LogP contribution in [0, 0.1) is 11.5 Å². The van der Waals surface area contributed by atoms with Crippen LogP contribution in [0.15, 0.2) is 42.7 Å². The molecule has 0 unspecified atom stereocenters. The van der Waals surface area contributed by atoms with Gasteiger partial charge in [-0.1, -0.05) is 18.2 Å². The van der Waals surface area contributed by atoms with E-state index in [0.717, 1.165) is 11.3 Å². The molecule has 1 aromatic carbocycles. The molecule has 2 rings (SSSR count). The Bertz CT molecular complexity index is 495. The van der Waals surface area contributed by atoms with Crippen LogP contribution in [0.2, 0.25) is 0 Å². The van der Waals surface area contributed by atoms with Gasteiger partial charge in [0.05, 0.1) is 18.4 Å². The molecule has 0 saturated carbocycles. The Morgan fingerprint density at radius 1 is 1.38 bits per heavy atom. The second kappa shape index (κ2) is 4.49. The molecule has 0 radical (unpaired) electrons. The van der Waals surface area contributed by atoms with Crippen molar-refractivity contribution >= 4 is 5.69 Å². The molecule has 16 heavy (non-hydrogen) atoms. The number of para-hydroxylation sites is 1. The first kappa shape index (κ1) is 10.2. The Morgan fingerprint density at radius 2 is 2.12 bits per heavy atom. The molecule has 0 amide bonds. The van der Waals surface area contributed by atoms with Crippen molar-refractivity contribution in [3.63, 3.8) is 0 Å². The highest BCUT2D eigenvalue weighted by atomic mass is 15.2. The highest BCUT2D eigenvalue weighted by Gasteiger charge is 2.06. The lowest BCUT2D eigenvalue weighted by Gasteiger charge is -2.13. The van der Waals surface area contributed by atoms with Crippen LogP contribution < -0.4 is 4.90 Å². The summed E-state index contributed by atoms with van der Waals surface area (Å²) in [5.74, 6) is 0. The van der Waals surface area contributed by atoms with Crippen molar-refractivity contribution in [1.29, 1.82) is 5.26 Å². The van der Waals surface area contributed by atoms with Gasteiger partial charge in [-0.15, -0.1) is 0 Å². The maximum absolute atomic E-state index is 9.10. The molecule has 0 N–H and O–H groups in total. The average Bonchev–Trinajstić information content (AvgIpc) is 2.73. The summed E-state index contributed by atoms with van der Waals surface area (Å²) in [5.41, 5.74) is 1.92. The molecule has 80 valence electrons. The minimum absolute atomic E-state index is 0.550. The van der Waals surface area contributed by atoms with Crippen molar-refractivity contribution in [2.24, 2.45) is 7.05 Å². The Hall–Kier alpha value is -2.28. The molecular weight excluding hydrogens is 200 g/mol. The lowest BCUT2D eigenvalue weighted by molar-refractivity contribution is 0.766. The van der Waals surface area contributed by atoms with Crippen LogP contribution in [0.5, 0.6) is 0 Å². The van der Waals surface area contributed by atoms with E-state index in [2.05, 4.69) is 11.3 Å². The zero-order valence-electron chi connectivity index (χ0n) is 9.04. The lowest BCUT2D eigenvalue weighted by Crippen LogP contribution is -2.15. The van der Waals surface area contributed by atoms with Crippen molar-refractivity contribution < 1.29 is 0 Å². The van der Waals surface area contributed by atoms with Gasteiger partial charge in [-0.25, -0.2) is 0 Å². The number of aromatic nitrogens is 2. The van der Waals surface area contributed by atoms with E-state index < -0.39 is 0 Å². The molecule has 4 heteroatoms. The first-order chi connectivity index (χ1) is 7.79. The summed E-state index contributed by atoms with van der Waals surface area (Å²) in [6.45, 7) is 0.550. The van der Waals surface area contributed by atoms with Crippen LogP contribution in [0.4, 0.5) is 5.69 Å². The standard InChI is InChI=1S/C12H12N4/c1-15-8-11(7-14-15)9-16(10-13)12-5-3-2-4-6-12/h2-8H,9H2,1H3. The third-order valence-electron chi connectivity index (χ3n) is 2.29. The van der Waals surface area contributed by atoms with Crippen molar-refractivity contribution in [2.45, 2.75) is 6.54 Å². The highest BCUT2D eigenvalue weighted by molar-refractivity contribution is 5.50. The summed E-state index contributed by atoms with van der Waals surface area (Å²) in [6.07, 6.45) is 5.85. The molecule has 0 aliphatic carbocycles. The van der Waals surface area contributed by atoms with E-state index in [1.165, 1.54) is 0 Å². The van der Waals surface area contributed by atoms with Gasteiger partial charge in [0, 0.05) is 18.8 Å². The van der Waals surface area contributed by atoms with Gasteiger partial charge in [-0.05, 0) is 12.1 Å². The van der Waals surface area contributed by atoms with Crippen LogP contribution in [0.1, 0.15) is 5.56 Å². The molecule has 0 aliphatic heterocycles. The number of aryl methyl sites for hydroxylation is 1. The van der Waals surface area contributed by atoms with Crippen LogP contribution in [0.25, 0.3) is 0 Å². The zero-order valence-corrected chi connectivity index (χ0v) is 9.04. The normalized spacial score (nSPS) is 9.75. The summed E-state index contributed by atoms with van der Waals surface area (Å²) in [6, 6.07) is 9.61. The number of anilines is 1. The molecule has 2 aromatic rings. The van der Waals surface area contributed by atoms with Crippen molar-refractivity contribution in [3.05, 3.63) is 48.3 Å². The largest absolute Gasteiger partial charge is 0.275 e. The summed E-state index contributed by atoms with van der Waals surface area (Å²) in [7, 11) is 1.86.